The van der Waals surface area contributed by atoms with Crippen molar-refractivity contribution in [3.63, 3.8) is 0 Å². The minimum Gasteiger partial charge on any atom is -0.348 e. The maximum absolute atomic E-state index is 13.2. The summed E-state index contributed by atoms with van der Waals surface area (Å²) in [7, 11) is 3.73. The van der Waals surface area contributed by atoms with Crippen molar-refractivity contribution in [3.05, 3.63) is 59.7 Å². The van der Waals surface area contributed by atoms with E-state index in [0.717, 1.165) is 37.7 Å². The van der Waals surface area contributed by atoms with E-state index >= 15 is 0 Å². The quantitative estimate of drug-likeness (QED) is 0.758. The molecule has 1 unspecified atom stereocenters. The fourth-order valence-corrected chi connectivity index (χ4v) is 3.36. The highest BCUT2D eigenvalue weighted by Crippen LogP contribution is 2.42. The van der Waals surface area contributed by atoms with Crippen LogP contribution in [0, 0.1) is 0 Å². The van der Waals surface area contributed by atoms with Crippen LogP contribution in [0.15, 0.2) is 54.1 Å². The van der Waals surface area contributed by atoms with Crippen molar-refractivity contribution < 1.29 is 4.79 Å². The Morgan fingerprint density at radius 3 is 2.50 bits per heavy atom. The van der Waals surface area contributed by atoms with E-state index < -0.39 is 5.41 Å². The van der Waals surface area contributed by atoms with Gasteiger partial charge in [-0.2, -0.15) is 0 Å². The van der Waals surface area contributed by atoms with Gasteiger partial charge in [-0.25, -0.2) is 0 Å². The second-order valence-electron chi connectivity index (χ2n) is 6.23. The zero-order valence-electron chi connectivity index (χ0n) is 14.0. The van der Waals surface area contributed by atoms with E-state index in [2.05, 4.69) is 37.3 Å². The summed E-state index contributed by atoms with van der Waals surface area (Å²) in [6.45, 7) is 2.19. The number of nitrogens with zero attached hydrogens (tertiary/aromatic N) is 1. The Balaban J connectivity index is 2.60. The van der Waals surface area contributed by atoms with E-state index in [1.165, 1.54) is 5.57 Å². The lowest BCUT2D eigenvalue weighted by Crippen LogP contribution is -2.45. The predicted octanol–water partition coefficient (Wildman–Crippen LogP) is 4.48. The Labute approximate surface area is 134 Å². The van der Waals surface area contributed by atoms with Gasteiger partial charge in [0, 0.05) is 14.1 Å². The average molecular weight is 297 g/mol. The molecule has 22 heavy (non-hydrogen) atoms. The van der Waals surface area contributed by atoms with Gasteiger partial charge in [0.25, 0.3) is 0 Å². The summed E-state index contributed by atoms with van der Waals surface area (Å²) < 4.78 is 0. The van der Waals surface area contributed by atoms with Crippen LogP contribution >= 0.6 is 0 Å². The van der Waals surface area contributed by atoms with Gasteiger partial charge < -0.3 is 4.90 Å². The molecule has 0 heterocycles. The molecule has 0 N–H and O–H groups in total. The van der Waals surface area contributed by atoms with Gasteiger partial charge in [-0.1, -0.05) is 73.9 Å². The van der Waals surface area contributed by atoms with Crippen LogP contribution < -0.4 is 0 Å². The second kappa shape index (κ2) is 7.44. The summed E-state index contributed by atoms with van der Waals surface area (Å²) in [6, 6.07) is 10.3. The number of unbranched alkanes of at least 4 members (excludes halogenated alkanes) is 1. The highest BCUT2D eigenvalue weighted by molar-refractivity contribution is 5.91. The molecule has 1 aliphatic rings. The maximum atomic E-state index is 13.2. The van der Waals surface area contributed by atoms with Gasteiger partial charge in [0.1, 0.15) is 0 Å². The Hall–Kier alpha value is -1.83. The number of allylic oxidation sites excluding steroid dienone is 3. The zero-order valence-corrected chi connectivity index (χ0v) is 14.0. The molecular weight excluding hydrogens is 270 g/mol. The molecule has 0 saturated heterocycles. The highest BCUT2D eigenvalue weighted by Gasteiger charge is 2.43. The lowest BCUT2D eigenvalue weighted by Gasteiger charge is -2.38. The SMILES string of the molecule is CCCCC(C(=O)N(C)C)(C1=CC=CCC1)c1ccccc1. The van der Waals surface area contributed by atoms with E-state index in [1.54, 1.807) is 4.90 Å². The number of likely N-dealkylation sites (N-methyl/N-ethyl adjacent to an activating group) is 1. The Morgan fingerprint density at radius 2 is 1.95 bits per heavy atom. The van der Waals surface area contributed by atoms with Crippen LogP contribution in [0.4, 0.5) is 0 Å². The summed E-state index contributed by atoms with van der Waals surface area (Å²) in [5.74, 6) is 0.203. The molecule has 0 fully saturated rings. The predicted molar refractivity (Wildman–Crippen MR) is 92.8 cm³/mol. The van der Waals surface area contributed by atoms with E-state index in [9.17, 15) is 4.79 Å². The van der Waals surface area contributed by atoms with Gasteiger partial charge in [0.15, 0.2) is 0 Å². The van der Waals surface area contributed by atoms with Crippen molar-refractivity contribution in [1.29, 1.82) is 0 Å². The Morgan fingerprint density at radius 1 is 1.23 bits per heavy atom. The molecule has 1 atom stereocenters. The molecule has 1 aromatic rings. The minimum atomic E-state index is -0.508. The molecule has 2 nitrogen and oxygen atoms in total. The second-order valence-corrected chi connectivity index (χ2v) is 6.23. The topological polar surface area (TPSA) is 20.3 Å². The number of benzene rings is 1. The molecule has 0 bridgehead atoms. The molecule has 2 heteroatoms. The first-order chi connectivity index (χ1) is 10.6. The van der Waals surface area contributed by atoms with Gasteiger partial charge in [-0.05, 0) is 24.8 Å². The first kappa shape index (κ1) is 16.5. The molecule has 0 radical (unpaired) electrons. The summed E-state index contributed by atoms with van der Waals surface area (Å²) >= 11 is 0. The lowest BCUT2D eigenvalue weighted by molar-refractivity contribution is -0.133. The molecule has 1 amide bonds. The van der Waals surface area contributed by atoms with E-state index in [4.69, 9.17) is 0 Å². The van der Waals surface area contributed by atoms with Gasteiger partial charge >= 0.3 is 0 Å². The molecule has 1 aliphatic carbocycles. The van der Waals surface area contributed by atoms with E-state index in [-0.39, 0.29) is 5.91 Å². The molecular formula is C20H27NO. The summed E-state index contributed by atoms with van der Waals surface area (Å²) in [6.07, 6.45) is 11.5. The summed E-state index contributed by atoms with van der Waals surface area (Å²) in [5.41, 5.74) is 1.88. The zero-order chi connectivity index (χ0) is 16.0. The smallest absolute Gasteiger partial charge is 0.236 e. The third kappa shape index (κ3) is 3.16. The van der Waals surface area contributed by atoms with Crippen molar-refractivity contribution in [2.45, 2.75) is 44.4 Å². The number of carbonyl (C=O) groups excluding carboxylic acids is 1. The van der Waals surface area contributed by atoms with Gasteiger partial charge in [0.2, 0.25) is 5.91 Å². The van der Waals surface area contributed by atoms with Crippen molar-refractivity contribution in [3.8, 4) is 0 Å². The summed E-state index contributed by atoms with van der Waals surface area (Å²) in [5, 5.41) is 0. The van der Waals surface area contributed by atoms with Crippen molar-refractivity contribution in [2.75, 3.05) is 14.1 Å². The normalized spacial score (nSPS) is 16.8. The summed E-state index contributed by atoms with van der Waals surface area (Å²) in [4.78, 5) is 15.0. The van der Waals surface area contributed by atoms with Gasteiger partial charge in [-0.3, -0.25) is 4.79 Å². The van der Waals surface area contributed by atoms with Crippen LogP contribution in [0.1, 0.15) is 44.6 Å². The lowest BCUT2D eigenvalue weighted by atomic mass is 9.67. The molecule has 1 aromatic carbocycles. The van der Waals surface area contributed by atoms with E-state index in [0.29, 0.717) is 0 Å². The largest absolute Gasteiger partial charge is 0.348 e. The molecule has 118 valence electrons. The van der Waals surface area contributed by atoms with Crippen LogP contribution in [0.2, 0.25) is 0 Å². The van der Waals surface area contributed by atoms with Crippen molar-refractivity contribution in [1.82, 2.24) is 4.90 Å². The first-order valence-corrected chi connectivity index (χ1v) is 8.26. The molecule has 0 aliphatic heterocycles. The van der Waals surface area contributed by atoms with Crippen LogP contribution in [-0.2, 0) is 10.2 Å². The van der Waals surface area contributed by atoms with Crippen LogP contribution in [0.3, 0.4) is 0 Å². The Kier molecular flexibility index (Phi) is 5.59. The van der Waals surface area contributed by atoms with Crippen LogP contribution in [0.5, 0.6) is 0 Å². The minimum absolute atomic E-state index is 0.203. The Bertz CT molecular complexity index is 556. The average Bonchev–Trinajstić information content (AvgIpc) is 2.57. The van der Waals surface area contributed by atoms with Gasteiger partial charge in [0.05, 0.1) is 5.41 Å². The molecule has 0 aromatic heterocycles. The van der Waals surface area contributed by atoms with Crippen LogP contribution in [-0.4, -0.2) is 24.9 Å². The molecule has 0 saturated carbocycles. The van der Waals surface area contributed by atoms with Crippen molar-refractivity contribution in [2.24, 2.45) is 0 Å². The monoisotopic (exact) mass is 297 g/mol. The third-order valence-electron chi connectivity index (χ3n) is 4.51. The third-order valence-corrected chi connectivity index (χ3v) is 4.51. The number of carbonyl (C=O) groups is 1. The first-order valence-electron chi connectivity index (χ1n) is 8.26. The molecule has 0 spiro atoms. The fraction of sp³-hybridized carbons (Fsp3) is 0.450. The van der Waals surface area contributed by atoms with E-state index in [1.807, 2.05) is 32.3 Å². The standard InChI is InChI=1S/C20H27NO/c1-4-5-16-20(19(22)21(2)3,17-12-8-6-9-13-17)18-14-10-7-11-15-18/h6-10,12-14H,4-5,11,15-16H2,1-3H3. The maximum Gasteiger partial charge on any atom is 0.236 e. The number of hydrogen-bond acceptors (Lipinski definition) is 1. The highest BCUT2D eigenvalue weighted by atomic mass is 16.2. The van der Waals surface area contributed by atoms with Gasteiger partial charge in [-0.15, -0.1) is 0 Å². The number of rotatable bonds is 6. The fourth-order valence-electron chi connectivity index (χ4n) is 3.36. The van der Waals surface area contributed by atoms with Crippen LogP contribution in [0.25, 0.3) is 0 Å². The van der Waals surface area contributed by atoms with Crippen molar-refractivity contribution >= 4 is 5.91 Å². The number of hydrogen-bond donors (Lipinski definition) is 0. The number of amides is 1. The molecule has 2 rings (SSSR count).